The molecule has 25 heavy (non-hydrogen) atoms. The Balaban J connectivity index is 1.56. The summed E-state index contributed by atoms with van der Waals surface area (Å²) in [5.41, 5.74) is 2.89. The van der Waals surface area contributed by atoms with Gasteiger partial charge in [0, 0.05) is 12.1 Å². The van der Waals surface area contributed by atoms with Crippen LogP contribution < -0.4 is 5.32 Å². The lowest BCUT2D eigenvalue weighted by molar-refractivity contribution is -0.115. The number of benzene rings is 2. The zero-order chi connectivity index (χ0) is 17.6. The molecule has 0 saturated heterocycles. The number of hydrogen-bond donors (Lipinski definition) is 2. The number of rotatable bonds is 6. The molecule has 2 aromatic carbocycles. The van der Waals surface area contributed by atoms with Gasteiger partial charge in [-0.2, -0.15) is 5.10 Å². The van der Waals surface area contributed by atoms with Crippen molar-refractivity contribution in [2.75, 3.05) is 5.32 Å². The molecule has 0 fully saturated rings. The van der Waals surface area contributed by atoms with Crippen LogP contribution in [-0.2, 0) is 24.1 Å². The summed E-state index contributed by atoms with van der Waals surface area (Å²) in [5, 5.41) is 9.72. The van der Waals surface area contributed by atoms with Crippen molar-refractivity contribution < 1.29 is 9.18 Å². The van der Waals surface area contributed by atoms with E-state index < -0.39 is 0 Å². The van der Waals surface area contributed by atoms with Crippen LogP contribution in [0.2, 0.25) is 0 Å². The predicted octanol–water partition coefficient (Wildman–Crippen LogP) is 3.28. The van der Waals surface area contributed by atoms with Crippen molar-refractivity contribution in [1.29, 1.82) is 0 Å². The molecule has 1 heterocycles. The van der Waals surface area contributed by atoms with E-state index in [4.69, 9.17) is 0 Å². The normalized spacial score (nSPS) is 10.6. The van der Waals surface area contributed by atoms with Crippen LogP contribution >= 0.6 is 0 Å². The van der Waals surface area contributed by atoms with Gasteiger partial charge in [0.15, 0.2) is 5.82 Å². The van der Waals surface area contributed by atoms with Crippen molar-refractivity contribution >= 4 is 11.6 Å². The van der Waals surface area contributed by atoms with Gasteiger partial charge in [-0.15, -0.1) is 0 Å². The third-order valence-corrected chi connectivity index (χ3v) is 3.83. The summed E-state index contributed by atoms with van der Waals surface area (Å²) in [6.07, 6.45) is 1.56. The Morgan fingerprint density at radius 2 is 1.76 bits per heavy atom. The third kappa shape index (κ3) is 4.73. The van der Waals surface area contributed by atoms with E-state index in [-0.39, 0.29) is 18.1 Å². The average molecular weight is 338 g/mol. The van der Waals surface area contributed by atoms with Crippen LogP contribution in [0.15, 0.2) is 48.5 Å². The van der Waals surface area contributed by atoms with Crippen LogP contribution in [0.5, 0.6) is 0 Å². The van der Waals surface area contributed by atoms with Gasteiger partial charge in [-0.05, 0) is 41.8 Å². The summed E-state index contributed by atoms with van der Waals surface area (Å²) < 4.78 is 12.9. The first-order valence-corrected chi connectivity index (χ1v) is 8.16. The number of nitrogens with zero attached hydrogens (tertiary/aromatic N) is 2. The van der Waals surface area contributed by atoms with Gasteiger partial charge in [0.25, 0.3) is 0 Å². The molecule has 2 N–H and O–H groups in total. The number of halogens is 1. The maximum absolute atomic E-state index is 12.9. The number of anilines is 1. The largest absolute Gasteiger partial charge is 0.326 e. The van der Waals surface area contributed by atoms with Crippen molar-refractivity contribution in [1.82, 2.24) is 15.2 Å². The summed E-state index contributed by atoms with van der Waals surface area (Å²) in [6.45, 7) is 2.08. The number of aromatic nitrogens is 3. The predicted molar refractivity (Wildman–Crippen MR) is 93.7 cm³/mol. The first-order chi connectivity index (χ1) is 12.1. The van der Waals surface area contributed by atoms with Crippen LogP contribution in [0.4, 0.5) is 10.1 Å². The molecule has 1 aromatic heterocycles. The molecule has 0 bridgehead atoms. The van der Waals surface area contributed by atoms with E-state index in [0.29, 0.717) is 18.1 Å². The van der Waals surface area contributed by atoms with Gasteiger partial charge in [0.1, 0.15) is 11.6 Å². The Bertz CT molecular complexity index is 841. The Labute approximate surface area is 145 Å². The fourth-order valence-electron chi connectivity index (χ4n) is 2.46. The highest BCUT2D eigenvalue weighted by Gasteiger charge is 2.10. The Kier molecular flexibility index (Phi) is 5.18. The number of hydrogen-bond acceptors (Lipinski definition) is 3. The minimum atomic E-state index is -0.273. The smallest absolute Gasteiger partial charge is 0.232 e. The SMILES string of the molecule is CCc1ccc(NC(=O)Cc2n[nH]c(Cc3ccc(F)cc3)n2)cc1. The lowest BCUT2D eigenvalue weighted by Crippen LogP contribution is -2.15. The summed E-state index contributed by atoms with van der Waals surface area (Å²) >= 11 is 0. The van der Waals surface area contributed by atoms with E-state index in [0.717, 1.165) is 17.7 Å². The molecule has 128 valence electrons. The molecule has 0 saturated carbocycles. The molecule has 0 aliphatic carbocycles. The molecule has 0 unspecified atom stereocenters. The molecule has 0 spiro atoms. The first kappa shape index (κ1) is 16.8. The Morgan fingerprint density at radius 1 is 1.08 bits per heavy atom. The van der Waals surface area contributed by atoms with Crippen LogP contribution in [0.3, 0.4) is 0 Å². The molecule has 0 radical (unpaired) electrons. The van der Waals surface area contributed by atoms with Gasteiger partial charge < -0.3 is 5.32 Å². The number of aryl methyl sites for hydroxylation is 1. The lowest BCUT2D eigenvalue weighted by atomic mass is 10.1. The number of aromatic amines is 1. The van der Waals surface area contributed by atoms with E-state index in [1.807, 2.05) is 24.3 Å². The van der Waals surface area contributed by atoms with Gasteiger partial charge in [0.05, 0.1) is 6.42 Å². The van der Waals surface area contributed by atoms with Crippen LogP contribution in [0.1, 0.15) is 29.7 Å². The average Bonchev–Trinajstić information content (AvgIpc) is 3.04. The van der Waals surface area contributed by atoms with Crippen molar-refractivity contribution in [3.05, 3.63) is 77.1 Å². The van der Waals surface area contributed by atoms with Crippen LogP contribution in [-0.4, -0.2) is 21.1 Å². The second kappa shape index (κ2) is 7.70. The minimum Gasteiger partial charge on any atom is -0.326 e. The molecule has 0 atom stereocenters. The maximum Gasteiger partial charge on any atom is 0.232 e. The highest BCUT2D eigenvalue weighted by Crippen LogP contribution is 2.11. The van der Waals surface area contributed by atoms with Crippen LogP contribution in [0.25, 0.3) is 0 Å². The first-order valence-electron chi connectivity index (χ1n) is 8.16. The molecule has 0 aliphatic rings. The van der Waals surface area contributed by atoms with Crippen molar-refractivity contribution in [2.24, 2.45) is 0 Å². The highest BCUT2D eigenvalue weighted by molar-refractivity contribution is 5.91. The summed E-state index contributed by atoms with van der Waals surface area (Å²) in [7, 11) is 0. The quantitative estimate of drug-likeness (QED) is 0.724. The van der Waals surface area contributed by atoms with Gasteiger partial charge in [-0.3, -0.25) is 9.89 Å². The van der Waals surface area contributed by atoms with Gasteiger partial charge in [0.2, 0.25) is 5.91 Å². The summed E-state index contributed by atoms with van der Waals surface area (Å²) in [4.78, 5) is 16.4. The van der Waals surface area contributed by atoms with E-state index in [1.54, 1.807) is 12.1 Å². The summed E-state index contributed by atoms with van der Waals surface area (Å²) in [5.74, 6) is 0.628. The molecular formula is C19H19FN4O. The standard InChI is InChI=1S/C19H19FN4O/c1-2-13-5-9-16(10-6-13)21-19(25)12-18-22-17(23-24-18)11-14-3-7-15(20)8-4-14/h3-10H,2,11-12H2,1H3,(H,21,25)(H,22,23,24). The molecule has 6 heteroatoms. The zero-order valence-corrected chi connectivity index (χ0v) is 13.9. The molecular weight excluding hydrogens is 319 g/mol. The van der Waals surface area contributed by atoms with Crippen LogP contribution in [0, 0.1) is 5.82 Å². The van der Waals surface area contributed by atoms with E-state index in [2.05, 4.69) is 27.4 Å². The number of carbonyl (C=O) groups is 1. The molecule has 3 aromatic rings. The zero-order valence-electron chi connectivity index (χ0n) is 13.9. The number of nitrogens with one attached hydrogen (secondary N) is 2. The Hall–Kier alpha value is -3.02. The van der Waals surface area contributed by atoms with Gasteiger partial charge in [-0.1, -0.05) is 31.2 Å². The molecule has 0 aliphatic heterocycles. The molecule has 3 rings (SSSR count). The highest BCUT2D eigenvalue weighted by atomic mass is 19.1. The van der Waals surface area contributed by atoms with Crippen molar-refractivity contribution in [3.8, 4) is 0 Å². The van der Waals surface area contributed by atoms with Gasteiger partial charge in [-0.25, -0.2) is 9.37 Å². The third-order valence-electron chi connectivity index (χ3n) is 3.83. The lowest BCUT2D eigenvalue weighted by Gasteiger charge is -2.04. The van der Waals surface area contributed by atoms with Gasteiger partial charge >= 0.3 is 0 Å². The fraction of sp³-hybridized carbons (Fsp3) is 0.211. The van der Waals surface area contributed by atoms with E-state index in [1.165, 1.54) is 17.7 Å². The minimum absolute atomic E-state index is 0.0927. The molecule has 5 nitrogen and oxygen atoms in total. The van der Waals surface area contributed by atoms with E-state index in [9.17, 15) is 9.18 Å². The monoisotopic (exact) mass is 338 g/mol. The number of H-pyrrole nitrogens is 1. The number of carbonyl (C=O) groups excluding carboxylic acids is 1. The second-order valence-corrected chi connectivity index (χ2v) is 5.78. The number of amides is 1. The second-order valence-electron chi connectivity index (χ2n) is 5.78. The van der Waals surface area contributed by atoms with Crippen molar-refractivity contribution in [2.45, 2.75) is 26.2 Å². The summed E-state index contributed by atoms with van der Waals surface area (Å²) in [6, 6.07) is 14.0. The Morgan fingerprint density at radius 3 is 2.44 bits per heavy atom. The topological polar surface area (TPSA) is 70.7 Å². The maximum atomic E-state index is 12.9. The molecule has 1 amide bonds. The van der Waals surface area contributed by atoms with Crippen molar-refractivity contribution in [3.63, 3.8) is 0 Å². The fourth-order valence-corrected chi connectivity index (χ4v) is 2.46. The van der Waals surface area contributed by atoms with E-state index >= 15 is 0 Å².